The SMILES string of the molecule is Clc1ccc2c(c1)oc1c(Cl)c(Cl)c(Cl)c(Cl)c12. The van der Waals surface area contributed by atoms with Crippen molar-refractivity contribution in [3.05, 3.63) is 43.3 Å². The standard InChI is InChI=1S/C12H3Cl5O/c13-4-1-2-5-6(3-4)18-12-7(5)8(14)9(15)10(16)11(12)17/h1-3H. The lowest BCUT2D eigenvalue weighted by molar-refractivity contribution is 0.669. The van der Waals surface area contributed by atoms with Crippen LogP contribution in [0.15, 0.2) is 22.6 Å². The van der Waals surface area contributed by atoms with Crippen molar-refractivity contribution < 1.29 is 4.42 Å². The number of hydrogen-bond donors (Lipinski definition) is 0. The zero-order valence-corrected chi connectivity index (χ0v) is 12.3. The summed E-state index contributed by atoms with van der Waals surface area (Å²) in [5.74, 6) is 0. The van der Waals surface area contributed by atoms with Gasteiger partial charge in [-0.05, 0) is 12.1 Å². The quantitative estimate of drug-likeness (QED) is 0.322. The Hall–Kier alpha value is -0.310. The molecule has 1 aromatic heterocycles. The second kappa shape index (κ2) is 4.36. The highest BCUT2D eigenvalue weighted by Crippen LogP contribution is 2.46. The van der Waals surface area contributed by atoms with E-state index in [4.69, 9.17) is 62.4 Å². The molecule has 18 heavy (non-hydrogen) atoms. The highest BCUT2D eigenvalue weighted by atomic mass is 35.5. The number of fused-ring (bicyclic) bond motifs is 3. The predicted octanol–water partition coefficient (Wildman–Crippen LogP) is 6.85. The van der Waals surface area contributed by atoms with Crippen LogP contribution < -0.4 is 0 Å². The Morgan fingerprint density at radius 1 is 0.778 bits per heavy atom. The van der Waals surface area contributed by atoms with E-state index in [2.05, 4.69) is 0 Å². The highest BCUT2D eigenvalue weighted by molar-refractivity contribution is 6.56. The molecular weight excluding hydrogens is 337 g/mol. The molecule has 0 N–H and O–H groups in total. The van der Waals surface area contributed by atoms with Crippen LogP contribution in [0.25, 0.3) is 21.9 Å². The molecule has 0 fully saturated rings. The van der Waals surface area contributed by atoms with Crippen molar-refractivity contribution in [3.63, 3.8) is 0 Å². The van der Waals surface area contributed by atoms with E-state index < -0.39 is 0 Å². The molecular formula is C12H3Cl5O. The van der Waals surface area contributed by atoms with Crippen LogP contribution in [0.4, 0.5) is 0 Å². The minimum atomic E-state index is 0.181. The van der Waals surface area contributed by atoms with E-state index in [-0.39, 0.29) is 15.1 Å². The predicted molar refractivity (Wildman–Crippen MR) is 78.8 cm³/mol. The molecule has 0 amide bonds. The molecule has 0 bridgehead atoms. The maximum Gasteiger partial charge on any atom is 0.157 e. The van der Waals surface area contributed by atoms with Crippen LogP contribution in [0.5, 0.6) is 0 Å². The van der Waals surface area contributed by atoms with Gasteiger partial charge in [0.15, 0.2) is 5.58 Å². The maximum absolute atomic E-state index is 6.20. The molecule has 0 aliphatic carbocycles. The molecule has 3 aromatic rings. The van der Waals surface area contributed by atoms with Crippen molar-refractivity contribution in [2.24, 2.45) is 0 Å². The van der Waals surface area contributed by atoms with Crippen molar-refractivity contribution in [1.29, 1.82) is 0 Å². The van der Waals surface area contributed by atoms with E-state index in [0.717, 1.165) is 5.39 Å². The van der Waals surface area contributed by atoms with Gasteiger partial charge < -0.3 is 4.42 Å². The first kappa shape index (κ1) is 12.7. The maximum atomic E-state index is 6.20. The van der Waals surface area contributed by atoms with Gasteiger partial charge in [0.25, 0.3) is 0 Å². The first-order chi connectivity index (χ1) is 8.50. The number of rotatable bonds is 0. The lowest BCUT2D eigenvalue weighted by atomic mass is 10.1. The van der Waals surface area contributed by atoms with E-state index in [1.54, 1.807) is 18.2 Å². The topological polar surface area (TPSA) is 13.1 Å². The second-order valence-corrected chi connectivity index (χ2v) is 5.65. The first-order valence-corrected chi connectivity index (χ1v) is 6.73. The zero-order chi connectivity index (χ0) is 13.0. The smallest absolute Gasteiger partial charge is 0.157 e. The molecule has 0 saturated heterocycles. The summed E-state index contributed by atoms with van der Waals surface area (Å²) in [4.78, 5) is 0. The molecule has 2 aromatic carbocycles. The average molecular weight is 340 g/mol. The Bertz CT molecular complexity index is 790. The Balaban J connectivity index is 2.62. The molecule has 0 radical (unpaired) electrons. The zero-order valence-electron chi connectivity index (χ0n) is 8.53. The van der Waals surface area contributed by atoms with Crippen LogP contribution >= 0.6 is 58.0 Å². The lowest BCUT2D eigenvalue weighted by Crippen LogP contribution is -1.77. The monoisotopic (exact) mass is 338 g/mol. The third-order valence-electron chi connectivity index (χ3n) is 2.65. The minimum Gasteiger partial charge on any atom is -0.454 e. The van der Waals surface area contributed by atoms with E-state index in [1.807, 2.05) is 0 Å². The second-order valence-electron chi connectivity index (χ2n) is 3.70. The fourth-order valence-electron chi connectivity index (χ4n) is 1.85. The Kier molecular flexibility index (Phi) is 3.08. The number of furan rings is 1. The fourth-order valence-corrected chi connectivity index (χ4v) is 2.98. The lowest BCUT2D eigenvalue weighted by Gasteiger charge is -2.03. The van der Waals surface area contributed by atoms with Crippen LogP contribution in [0.2, 0.25) is 25.1 Å². The van der Waals surface area contributed by atoms with Gasteiger partial charge in [-0.3, -0.25) is 0 Å². The summed E-state index contributed by atoms with van der Waals surface area (Å²) in [5.41, 5.74) is 0.993. The summed E-state index contributed by atoms with van der Waals surface area (Å²) in [6.07, 6.45) is 0. The van der Waals surface area contributed by atoms with Crippen molar-refractivity contribution in [3.8, 4) is 0 Å². The molecule has 6 heteroatoms. The van der Waals surface area contributed by atoms with Crippen molar-refractivity contribution in [2.75, 3.05) is 0 Å². The summed E-state index contributed by atoms with van der Waals surface area (Å²) >= 11 is 30.2. The summed E-state index contributed by atoms with van der Waals surface area (Å²) in [6, 6.07) is 5.23. The van der Waals surface area contributed by atoms with Crippen LogP contribution in [0, 0.1) is 0 Å². The van der Waals surface area contributed by atoms with Crippen LogP contribution in [-0.4, -0.2) is 0 Å². The third-order valence-corrected chi connectivity index (χ3v) is 4.67. The molecule has 92 valence electrons. The van der Waals surface area contributed by atoms with Gasteiger partial charge in [-0.25, -0.2) is 0 Å². The molecule has 0 aliphatic heterocycles. The largest absolute Gasteiger partial charge is 0.454 e. The Morgan fingerprint density at radius 3 is 2.17 bits per heavy atom. The van der Waals surface area contributed by atoms with Crippen LogP contribution in [0.3, 0.4) is 0 Å². The summed E-state index contributed by atoms with van der Waals surface area (Å²) in [5, 5.41) is 2.96. The fraction of sp³-hybridized carbons (Fsp3) is 0. The van der Waals surface area contributed by atoms with Gasteiger partial charge >= 0.3 is 0 Å². The summed E-state index contributed by atoms with van der Waals surface area (Å²) in [6.45, 7) is 0. The normalized spacial score (nSPS) is 11.6. The number of hydrogen-bond acceptors (Lipinski definition) is 1. The van der Waals surface area contributed by atoms with Gasteiger partial charge in [-0.15, -0.1) is 0 Å². The van der Waals surface area contributed by atoms with Gasteiger partial charge in [0.2, 0.25) is 0 Å². The van der Waals surface area contributed by atoms with Crippen molar-refractivity contribution >= 4 is 79.9 Å². The van der Waals surface area contributed by atoms with Crippen molar-refractivity contribution in [1.82, 2.24) is 0 Å². The third kappa shape index (κ3) is 1.70. The van der Waals surface area contributed by atoms with E-state index >= 15 is 0 Å². The summed E-state index contributed by atoms with van der Waals surface area (Å²) in [7, 11) is 0. The Morgan fingerprint density at radius 2 is 1.44 bits per heavy atom. The van der Waals surface area contributed by atoms with Gasteiger partial charge in [0.1, 0.15) is 10.6 Å². The minimum absolute atomic E-state index is 0.181. The summed E-state index contributed by atoms with van der Waals surface area (Å²) < 4.78 is 5.64. The van der Waals surface area contributed by atoms with Gasteiger partial charge in [-0.1, -0.05) is 58.0 Å². The van der Waals surface area contributed by atoms with E-state index in [9.17, 15) is 0 Å². The van der Waals surface area contributed by atoms with Gasteiger partial charge in [-0.2, -0.15) is 0 Å². The number of benzene rings is 2. The number of halogens is 5. The molecule has 1 heterocycles. The molecule has 0 unspecified atom stereocenters. The van der Waals surface area contributed by atoms with Crippen LogP contribution in [0.1, 0.15) is 0 Å². The molecule has 0 aliphatic rings. The molecule has 0 spiro atoms. The van der Waals surface area contributed by atoms with E-state index in [0.29, 0.717) is 26.6 Å². The molecule has 0 saturated carbocycles. The Labute approximate surface area is 127 Å². The van der Waals surface area contributed by atoms with Gasteiger partial charge in [0, 0.05) is 21.9 Å². The van der Waals surface area contributed by atoms with Crippen LogP contribution in [-0.2, 0) is 0 Å². The molecule has 0 atom stereocenters. The van der Waals surface area contributed by atoms with Crippen molar-refractivity contribution in [2.45, 2.75) is 0 Å². The molecule has 1 nitrogen and oxygen atoms in total. The average Bonchev–Trinajstić information content (AvgIpc) is 2.72. The molecule has 3 rings (SSSR count). The first-order valence-electron chi connectivity index (χ1n) is 4.84. The van der Waals surface area contributed by atoms with E-state index in [1.165, 1.54) is 0 Å². The highest BCUT2D eigenvalue weighted by Gasteiger charge is 2.20. The van der Waals surface area contributed by atoms with Gasteiger partial charge in [0.05, 0.1) is 15.1 Å².